The predicted octanol–water partition coefficient (Wildman–Crippen LogP) is 2.50. The zero-order chi connectivity index (χ0) is 15.4. The highest BCUT2D eigenvalue weighted by Crippen LogP contribution is 2.45. The van der Waals surface area contributed by atoms with Crippen LogP contribution in [0.5, 0.6) is 0 Å². The lowest BCUT2D eigenvalue weighted by Gasteiger charge is -2.48. The monoisotopic (exact) mass is 313 g/mol. The lowest BCUT2D eigenvalue weighted by Crippen LogP contribution is -2.62. The van der Waals surface area contributed by atoms with Gasteiger partial charge in [0.2, 0.25) is 5.91 Å². The molecule has 2 aliphatic heterocycles. The second-order valence-corrected chi connectivity index (χ2v) is 7.68. The molecule has 1 aromatic rings. The van der Waals surface area contributed by atoms with Gasteiger partial charge in [-0.1, -0.05) is 19.3 Å². The fourth-order valence-corrected chi connectivity index (χ4v) is 4.34. The summed E-state index contributed by atoms with van der Waals surface area (Å²) in [7, 11) is 0. The topological polar surface area (TPSA) is 55.3 Å². The number of aromatic nitrogens is 2. The minimum atomic E-state index is -0.318. The standard InChI is InChI=1S/C18H23N3O2/c22-17(13-4-2-1-3-5-13)21-10-18(11-21)14-8-19-16(12-6-7-12)20-15(14)9-23-18/h8,12-13H,1-7,9-11H2. The van der Waals surface area contributed by atoms with Crippen molar-refractivity contribution < 1.29 is 9.53 Å². The Bertz CT molecular complexity index is 644. The second kappa shape index (κ2) is 5.00. The van der Waals surface area contributed by atoms with E-state index in [9.17, 15) is 4.79 Å². The first-order valence-corrected chi connectivity index (χ1v) is 9.04. The highest BCUT2D eigenvalue weighted by Gasteiger charge is 2.53. The number of carbonyl (C=O) groups excluding carboxylic acids is 1. The molecule has 0 radical (unpaired) electrons. The molecular formula is C18H23N3O2. The minimum absolute atomic E-state index is 0.246. The second-order valence-electron chi connectivity index (χ2n) is 7.68. The molecule has 122 valence electrons. The highest BCUT2D eigenvalue weighted by atomic mass is 16.5. The number of rotatable bonds is 2. The lowest BCUT2D eigenvalue weighted by atomic mass is 9.83. The van der Waals surface area contributed by atoms with Crippen molar-refractivity contribution in [1.29, 1.82) is 0 Å². The zero-order valence-electron chi connectivity index (χ0n) is 13.5. The molecule has 1 amide bonds. The van der Waals surface area contributed by atoms with E-state index in [1.54, 1.807) is 0 Å². The predicted molar refractivity (Wildman–Crippen MR) is 83.6 cm³/mol. The van der Waals surface area contributed by atoms with Crippen molar-refractivity contribution in [2.45, 2.75) is 63.1 Å². The molecule has 1 saturated heterocycles. The van der Waals surface area contributed by atoms with Gasteiger partial charge in [-0.3, -0.25) is 4.79 Å². The molecule has 2 saturated carbocycles. The summed E-state index contributed by atoms with van der Waals surface area (Å²) >= 11 is 0. The average Bonchev–Trinajstić information content (AvgIpc) is 3.34. The third kappa shape index (κ3) is 2.20. The Morgan fingerprint density at radius 2 is 1.96 bits per heavy atom. The molecule has 5 heteroatoms. The van der Waals surface area contributed by atoms with Gasteiger partial charge in [0.25, 0.3) is 0 Å². The number of likely N-dealkylation sites (tertiary alicyclic amines) is 1. The zero-order valence-corrected chi connectivity index (χ0v) is 13.5. The third-order valence-corrected chi connectivity index (χ3v) is 5.96. The first-order chi connectivity index (χ1) is 11.3. The summed E-state index contributed by atoms with van der Waals surface area (Å²) < 4.78 is 6.07. The van der Waals surface area contributed by atoms with Crippen molar-refractivity contribution in [3.63, 3.8) is 0 Å². The van der Waals surface area contributed by atoms with Crippen LogP contribution in [0.2, 0.25) is 0 Å². The number of carbonyl (C=O) groups is 1. The van der Waals surface area contributed by atoms with E-state index < -0.39 is 0 Å². The Labute approximate surface area is 136 Å². The van der Waals surface area contributed by atoms with Crippen LogP contribution in [0.15, 0.2) is 6.20 Å². The normalized spacial score (nSPS) is 26.2. The van der Waals surface area contributed by atoms with Gasteiger partial charge in [0.05, 0.1) is 25.4 Å². The molecule has 2 aliphatic carbocycles. The first-order valence-electron chi connectivity index (χ1n) is 9.04. The summed E-state index contributed by atoms with van der Waals surface area (Å²) in [6.07, 6.45) is 10.2. The Kier molecular flexibility index (Phi) is 3.02. The Hall–Kier alpha value is -1.49. The Morgan fingerprint density at radius 1 is 1.17 bits per heavy atom. The maximum absolute atomic E-state index is 12.6. The van der Waals surface area contributed by atoms with E-state index >= 15 is 0 Å². The average molecular weight is 313 g/mol. The quantitative estimate of drug-likeness (QED) is 0.842. The molecule has 0 aromatic carbocycles. The summed E-state index contributed by atoms with van der Waals surface area (Å²) in [5.74, 6) is 2.14. The molecule has 0 N–H and O–H groups in total. The van der Waals surface area contributed by atoms with E-state index in [-0.39, 0.29) is 11.5 Å². The molecule has 0 unspecified atom stereocenters. The summed E-state index contributed by atoms with van der Waals surface area (Å²) in [6.45, 7) is 1.94. The number of fused-ring (bicyclic) bond motifs is 2. The van der Waals surface area contributed by atoms with Crippen molar-refractivity contribution in [2.24, 2.45) is 5.92 Å². The largest absolute Gasteiger partial charge is 0.360 e. The van der Waals surface area contributed by atoms with Crippen LogP contribution in [-0.4, -0.2) is 33.9 Å². The molecule has 1 spiro atoms. The number of hydrogen-bond acceptors (Lipinski definition) is 4. The molecule has 5 nitrogen and oxygen atoms in total. The van der Waals surface area contributed by atoms with Gasteiger partial charge in [-0.25, -0.2) is 9.97 Å². The Balaban J connectivity index is 1.30. The maximum atomic E-state index is 12.6. The van der Waals surface area contributed by atoms with E-state index in [0.717, 1.165) is 29.9 Å². The molecule has 4 aliphatic rings. The van der Waals surface area contributed by atoms with E-state index in [2.05, 4.69) is 4.98 Å². The molecule has 5 rings (SSSR count). The molecule has 0 atom stereocenters. The van der Waals surface area contributed by atoms with Crippen molar-refractivity contribution in [2.75, 3.05) is 13.1 Å². The van der Waals surface area contributed by atoms with Crippen molar-refractivity contribution >= 4 is 5.91 Å². The van der Waals surface area contributed by atoms with Gasteiger partial charge in [-0.2, -0.15) is 0 Å². The molecule has 0 bridgehead atoms. The van der Waals surface area contributed by atoms with Crippen LogP contribution in [0, 0.1) is 5.92 Å². The Morgan fingerprint density at radius 3 is 2.70 bits per heavy atom. The van der Waals surface area contributed by atoms with Crippen molar-refractivity contribution in [3.05, 3.63) is 23.3 Å². The number of ether oxygens (including phenoxy) is 1. The van der Waals surface area contributed by atoms with Crippen LogP contribution in [0.3, 0.4) is 0 Å². The summed E-state index contributed by atoms with van der Waals surface area (Å²) in [6, 6.07) is 0. The molecule has 3 fully saturated rings. The van der Waals surface area contributed by atoms with Gasteiger partial charge in [0, 0.05) is 23.6 Å². The smallest absolute Gasteiger partial charge is 0.225 e. The number of amides is 1. The molecular weight excluding hydrogens is 290 g/mol. The molecule has 23 heavy (non-hydrogen) atoms. The van der Waals surface area contributed by atoms with E-state index in [1.807, 2.05) is 11.1 Å². The first kappa shape index (κ1) is 13.9. The van der Waals surface area contributed by atoms with Crippen molar-refractivity contribution in [1.82, 2.24) is 14.9 Å². The van der Waals surface area contributed by atoms with Gasteiger partial charge < -0.3 is 9.64 Å². The minimum Gasteiger partial charge on any atom is -0.360 e. The lowest BCUT2D eigenvalue weighted by molar-refractivity contribution is -0.173. The maximum Gasteiger partial charge on any atom is 0.225 e. The van der Waals surface area contributed by atoms with Crippen molar-refractivity contribution in [3.8, 4) is 0 Å². The van der Waals surface area contributed by atoms with Crippen LogP contribution in [0.25, 0.3) is 0 Å². The van der Waals surface area contributed by atoms with E-state index in [0.29, 0.717) is 31.5 Å². The van der Waals surface area contributed by atoms with Crippen LogP contribution < -0.4 is 0 Å². The van der Waals surface area contributed by atoms with Gasteiger partial charge in [0.15, 0.2) is 0 Å². The number of hydrogen-bond donors (Lipinski definition) is 0. The summed E-state index contributed by atoms with van der Waals surface area (Å²) in [5, 5.41) is 0. The molecule has 3 heterocycles. The fourth-order valence-electron chi connectivity index (χ4n) is 4.34. The SMILES string of the molecule is O=C(C1CCCCC1)N1CC2(C1)OCc1nc(C3CC3)ncc12. The fraction of sp³-hybridized carbons (Fsp3) is 0.722. The van der Waals surface area contributed by atoms with Crippen LogP contribution in [-0.2, 0) is 21.7 Å². The van der Waals surface area contributed by atoms with Crippen LogP contribution >= 0.6 is 0 Å². The van der Waals surface area contributed by atoms with Crippen LogP contribution in [0.4, 0.5) is 0 Å². The highest BCUT2D eigenvalue weighted by molar-refractivity contribution is 5.80. The number of nitrogens with zero attached hydrogens (tertiary/aromatic N) is 3. The summed E-state index contributed by atoms with van der Waals surface area (Å²) in [4.78, 5) is 23.9. The van der Waals surface area contributed by atoms with E-state index in [4.69, 9.17) is 9.72 Å². The summed E-state index contributed by atoms with van der Waals surface area (Å²) in [5.41, 5.74) is 1.85. The van der Waals surface area contributed by atoms with Gasteiger partial charge in [-0.05, 0) is 25.7 Å². The van der Waals surface area contributed by atoms with E-state index in [1.165, 1.54) is 32.1 Å². The van der Waals surface area contributed by atoms with Gasteiger partial charge in [0.1, 0.15) is 11.4 Å². The third-order valence-electron chi connectivity index (χ3n) is 5.96. The van der Waals surface area contributed by atoms with Gasteiger partial charge in [-0.15, -0.1) is 0 Å². The van der Waals surface area contributed by atoms with Crippen LogP contribution in [0.1, 0.15) is 67.9 Å². The van der Waals surface area contributed by atoms with Gasteiger partial charge >= 0.3 is 0 Å². The molecule has 1 aromatic heterocycles.